The molecular weight excluding hydrogens is 214 g/mol. The van der Waals surface area contributed by atoms with Crippen LogP contribution in [0.15, 0.2) is 35.3 Å². The number of carboxylic acid groups (broad SMARTS) is 2. The maximum absolute atomic E-state index is 11.4. The van der Waals surface area contributed by atoms with Crippen LogP contribution in [-0.4, -0.2) is 26.7 Å². The monoisotopic (exact) mass is 223 g/mol. The minimum Gasteiger partial charge on any atom is -0.478 e. The van der Waals surface area contributed by atoms with Gasteiger partial charge in [-0.1, -0.05) is 6.58 Å². The minimum absolute atomic E-state index is 0.137. The third-order valence-corrected chi connectivity index (χ3v) is 1.91. The Morgan fingerprint density at radius 2 is 2.00 bits per heavy atom. The highest BCUT2D eigenvalue weighted by atomic mass is 16.4. The lowest BCUT2D eigenvalue weighted by Gasteiger charge is -2.05. The number of aromatic nitrogens is 1. The Kier molecular flexibility index (Phi) is 3.24. The Hall–Kier alpha value is -2.37. The number of rotatable bonds is 4. The van der Waals surface area contributed by atoms with Gasteiger partial charge in [-0.2, -0.15) is 0 Å². The van der Waals surface area contributed by atoms with Crippen molar-refractivity contribution in [2.75, 3.05) is 0 Å². The third kappa shape index (κ3) is 2.57. The summed E-state index contributed by atoms with van der Waals surface area (Å²) in [4.78, 5) is 32.4. The van der Waals surface area contributed by atoms with Gasteiger partial charge in [0.15, 0.2) is 0 Å². The minimum atomic E-state index is -1.21. The molecule has 0 aromatic carbocycles. The Balaban J connectivity index is 3.01. The smallest absolute Gasteiger partial charge is 0.335 e. The fourth-order valence-corrected chi connectivity index (χ4v) is 1.04. The van der Waals surface area contributed by atoms with E-state index in [1.165, 1.54) is 12.3 Å². The van der Waals surface area contributed by atoms with E-state index in [9.17, 15) is 14.4 Å². The molecule has 1 rings (SSSR count). The quantitative estimate of drug-likeness (QED) is 0.710. The maximum Gasteiger partial charge on any atom is 0.335 e. The summed E-state index contributed by atoms with van der Waals surface area (Å²) in [7, 11) is 0. The predicted molar refractivity (Wildman–Crippen MR) is 54.4 cm³/mol. The molecule has 0 saturated heterocycles. The molecule has 0 unspecified atom stereocenters. The number of pyridine rings is 1. The summed E-state index contributed by atoms with van der Waals surface area (Å²) in [6.45, 7) is 3.10. The molecule has 0 spiro atoms. The van der Waals surface area contributed by atoms with E-state index in [1.54, 1.807) is 0 Å². The molecule has 84 valence electrons. The van der Waals surface area contributed by atoms with E-state index in [0.29, 0.717) is 0 Å². The Morgan fingerprint density at radius 3 is 2.44 bits per heavy atom. The van der Waals surface area contributed by atoms with Gasteiger partial charge < -0.3 is 14.8 Å². The van der Waals surface area contributed by atoms with Gasteiger partial charge in [-0.15, -0.1) is 0 Å². The van der Waals surface area contributed by atoms with Crippen LogP contribution in [0.2, 0.25) is 0 Å². The first-order valence-electron chi connectivity index (χ1n) is 4.26. The summed E-state index contributed by atoms with van der Waals surface area (Å²) in [6, 6.07) is 2.15. The summed E-state index contributed by atoms with van der Waals surface area (Å²) in [5, 5.41) is 17.2. The van der Waals surface area contributed by atoms with Gasteiger partial charge in [-0.05, 0) is 6.07 Å². The van der Waals surface area contributed by atoms with Crippen LogP contribution < -0.4 is 5.56 Å². The van der Waals surface area contributed by atoms with Crippen LogP contribution in [0.25, 0.3) is 0 Å². The second-order valence-electron chi connectivity index (χ2n) is 3.10. The summed E-state index contributed by atoms with van der Waals surface area (Å²) < 4.78 is 1.07. The molecule has 1 aromatic heterocycles. The highest BCUT2D eigenvalue weighted by molar-refractivity contribution is 5.87. The molecule has 2 N–H and O–H groups in total. The normalized spacial score (nSPS) is 9.75. The van der Waals surface area contributed by atoms with Crippen molar-refractivity contribution in [3.63, 3.8) is 0 Å². The number of aliphatic carboxylic acids is 1. The van der Waals surface area contributed by atoms with Crippen LogP contribution in [0.5, 0.6) is 0 Å². The number of carboxylic acids is 2. The molecule has 0 aliphatic carbocycles. The van der Waals surface area contributed by atoms with Crippen molar-refractivity contribution in [3.8, 4) is 0 Å². The first kappa shape index (κ1) is 11.7. The van der Waals surface area contributed by atoms with E-state index in [1.807, 2.05) is 0 Å². The molecule has 0 aliphatic rings. The fourth-order valence-electron chi connectivity index (χ4n) is 1.04. The fraction of sp³-hybridized carbons (Fsp3) is 0.100. The molecule has 0 radical (unpaired) electrons. The average molecular weight is 223 g/mol. The summed E-state index contributed by atoms with van der Waals surface area (Å²) in [5.41, 5.74) is -0.866. The van der Waals surface area contributed by atoms with E-state index in [4.69, 9.17) is 10.2 Å². The second-order valence-corrected chi connectivity index (χ2v) is 3.10. The number of nitrogens with zero attached hydrogens (tertiary/aromatic N) is 1. The lowest BCUT2D eigenvalue weighted by molar-refractivity contribution is -0.132. The first-order chi connectivity index (χ1) is 7.41. The molecule has 0 saturated carbocycles. The van der Waals surface area contributed by atoms with E-state index < -0.39 is 17.5 Å². The SMILES string of the molecule is C=C(Cn1ccc(C(=O)O)cc1=O)C(=O)O. The molecule has 0 aliphatic heterocycles. The number of aromatic carboxylic acids is 1. The van der Waals surface area contributed by atoms with Crippen molar-refractivity contribution >= 4 is 11.9 Å². The van der Waals surface area contributed by atoms with Gasteiger partial charge in [0.2, 0.25) is 0 Å². The topological polar surface area (TPSA) is 96.6 Å². The van der Waals surface area contributed by atoms with E-state index >= 15 is 0 Å². The molecule has 0 bridgehead atoms. The molecule has 1 heterocycles. The van der Waals surface area contributed by atoms with Gasteiger partial charge in [0.25, 0.3) is 5.56 Å². The standard InChI is InChI=1S/C10H9NO5/c1-6(9(13)14)5-11-3-2-7(10(15)16)4-8(11)12/h2-4H,1,5H2,(H,13,14)(H,15,16). The van der Waals surface area contributed by atoms with Crippen molar-refractivity contribution in [1.29, 1.82) is 0 Å². The van der Waals surface area contributed by atoms with E-state index in [0.717, 1.165) is 10.6 Å². The highest BCUT2D eigenvalue weighted by Crippen LogP contribution is 1.98. The number of carbonyl (C=O) groups is 2. The van der Waals surface area contributed by atoms with Crippen molar-refractivity contribution in [2.24, 2.45) is 0 Å². The van der Waals surface area contributed by atoms with Gasteiger partial charge in [0.1, 0.15) is 0 Å². The highest BCUT2D eigenvalue weighted by Gasteiger charge is 2.08. The Bertz CT molecular complexity index is 514. The van der Waals surface area contributed by atoms with Crippen molar-refractivity contribution in [1.82, 2.24) is 4.57 Å². The Morgan fingerprint density at radius 1 is 1.38 bits per heavy atom. The zero-order valence-electron chi connectivity index (χ0n) is 8.21. The van der Waals surface area contributed by atoms with Crippen LogP contribution in [-0.2, 0) is 11.3 Å². The number of hydrogen-bond acceptors (Lipinski definition) is 3. The number of hydrogen-bond donors (Lipinski definition) is 2. The average Bonchev–Trinajstić information content (AvgIpc) is 2.20. The maximum atomic E-state index is 11.4. The van der Waals surface area contributed by atoms with Gasteiger partial charge in [0.05, 0.1) is 12.1 Å². The summed E-state index contributed by atoms with van der Waals surface area (Å²) in [6.07, 6.45) is 1.22. The van der Waals surface area contributed by atoms with Crippen LogP contribution >= 0.6 is 0 Å². The Labute approximate surface area is 90.1 Å². The van der Waals surface area contributed by atoms with E-state index in [2.05, 4.69) is 6.58 Å². The summed E-state index contributed by atoms with van der Waals surface area (Å²) >= 11 is 0. The third-order valence-electron chi connectivity index (χ3n) is 1.91. The lowest BCUT2D eigenvalue weighted by atomic mass is 10.2. The van der Waals surface area contributed by atoms with Gasteiger partial charge in [0, 0.05) is 17.8 Å². The molecule has 0 fully saturated rings. The largest absolute Gasteiger partial charge is 0.478 e. The van der Waals surface area contributed by atoms with Gasteiger partial charge >= 0.3 is 11.9 Å². The first-order valence-corrected chi connectivity index (χ1v) is 4.26. The van der Waals surface area contributed by atoms with Crippen LogP contribution in [0.4, 0.5) is 0 Å². The zero-order chi connectivity index (χ0) is 12.3. The van der Waals surface area contributed by atoms with Gasteiger partial charge in [-0.25, -0.2) is 9.59 Å². The van der Waals surface area contributed by atoms with E-state index in [-0.39, 0.29) is 17.7 Å². The van der Waals surface area contributed by atoms with Crippen molar-refractivity contribution < 1.29 is 19.8 Å². The summed E-state index contributed by atoms with van der Waals surface area (Å²) in [5.74, 6) is -2.41. The molecular formula is C10H9NO5. The molecule has 0 atom stereocenters. The van der Waals surface area contributed by atoms with Gasteiger partial charge in [-0.3, -0.25) is 4.79 Å². The van der Waals surface area contributed by atoms with Crippen molar-refractivity contribution in [2.45, 2.75) is 6.54 Å². The molecule has 0 amide bonds. The molecule has 6 heteroatoms. The lowest BCUT2D eigenvalue weighted by Crippen LogP contribution is -2.22. The molecule has 6 nitrogen and oxygen atoms in total. The van der Waals surface area contributed by atoms with Crippen LogP contribution in [0.3, 0.4) is 0 Å². The molecule has 16 heavy (non-hydrogen) atoms. The molecule has 1 aromatic rings. The predicted octanol–water partition coefficient (Wildman–Crippen LogP) is 0.187. The van der Waals surface area contributed by atoms with Crippen LogP contribution in [0, 0.1) is 0 Å². The zero-order valence-corrected chi connectivity index (χ0v) is 8.21. The van der Waals surface area contributed by atoms with Crippen molar-refractivity contribution in [3.05, 3.63) is 46.4 Å². The second kappa shape index (κ2) is 4.43. The van der Waals surface area contributed by atoms with Crippen LogP contribution in [0.1, 0.15) is 10.4 Å².